The summed E-state index contributed by atoms with van der Waals surface area (Å²) in [6, 6.07) is 3.38. The van der Waals surface area contributed by atoms with E-state index in [0.717, 1.165) is 51.7 Å². The number of methoxy groups -OCH3 is 2. The molecule has 3 saturated heterocycles. The monoisotopic (exact) mass is 416 g/mol. The first-order valence-electron chi connectivity index (χ1n) is 10.8. The molecule has 8 heteroatoms. The van der Waals surface area contributed by atoms with Gasteiger partial charge in [0.2, 0.25) is 17.7 Å². The second-order valence-electron chi connectivity index (χ2n) is 8.87. The zero-order chi connectivity index (χ0) is 21.3. The van der Waals surface area contributed by atoms with Crippen molar-refractivity contribution in [3.05, 3.63) is 17.7 Å². The summed E-state index contributed by atoms with van der Waals surface area (Å²) in [5, 5.41) is 0. The number of ether oxygens (including phenoxy) is 2. The number of rotatable bonds is 4. The predicted molar refractivity (Wildman–Crippen MR) is 112 cm³/mol. The maximum atomic E-state index is 13.1. The smallest absolute Gasteiger partial charge is 0.259 e. The maximum absolute atomic E-state index is 13.1. The number of hydrogen-bond acceptors (Lipinski definition) is 6. The fourth-order valence-corrected chi connectivity index (χ4v) is 5.27. The van der Waals surface area contributed by atoms with Crippen LogP contribution in [0.2, 0.25) is 0 Å². The first-order valence-corrected chi connectivity index (χ1v) is 10.8. The predicted octanol–water partition coefficient (Wildman–Crippen LogP) is 1.65. The molecule has 0 radical (unpaired) electrons. The van der Waals surface area contributed by atoms with Gasteiger partial charge in [0.25, 0.3) is 5.91 Å². The average Bonchev–Trinajstić information content (AvgIpc) is 3.41. The first-order chi connectivity index (χ1) is 14.5. The molecular weight excluding hydrogens is 384 g/mol. The van der Waals surface area contributed by atoms with Gasteiger partial charge in [-0.05, 0) is 50.6 Å². The van der Waals surface area contributed by atoms with Crippen LogP contribution in [0.3, 0.4) is 0 Å². The van der Waals surface area contributed by atoms with E-state index in [0.29, 0.717) is 30.4 Å². The molecule has 3 fully saturated rings. The number of pyridine rings is 1. The highest BCUT2D eigenvalue weighted by atomic mass is 16.5. The molecule has 164 valence electrons. The molecule has 0 aliphatic carbocycles. The summed E-state index contributed by atoms with van der Waals surface area (Å²) in [5.74, 6) is 0.938. The third-order valence-corrected chi connectivity index (χ3v) is 7.02. The van der Waals surface area contributed by atoms with Gasteiger partial charge in [-0.25, -0.2) is 0 Å². The van der Waals surface area contributed by atoms with Crippen LogP contribution in [0.4, 0.5) is 0 Å². The summed E-state index contributed by atoms with van der Waals surface area (Å²) in [6.07, 6.45) is 4.97. The Bertz CT molecular complexity index is 800. The quantitative estimate of drug-likeness (QED) is 0.743. The largest absolute Gasteiger partial charge is 0.481 e. The fourth-order valence-electron chi connectivity index (χ4n) is 5.27. The van der Waals surface area contributed by atoms with Crippen LogP contribution >= 0.6 is 0 Å². The molecule has 4 rings (SSSR count). The molecular formula is C22H32N4O4. The summed E-state index contributed by atoms with van der Waals surface area (Å²) in [7, 11) is 5.11. The normalized spacial score (nSPS) is 23.8. The molecule has 1 aromatic heterocycles. The standard InChI is InChI=1S/C22H32N4O4/c1-24-15-22(14-17(24)21(28)25-10-4-5-11-25)8-12-26(13-9-22)20(27)16-6-7-18(29-2)23-19(16)30-3/h6-7,17H,4-5,8-15H2,1-3H3. The van der Waals surface area contributed by atoms with Gasteiger partial charge in [0.1, 0.15) is 5.56 Å². The Kier molecular flexibility index (Phi) is 5.86. The second kappa shape index (κ2) is 8.41. The second-order valence-corrected chi connectivity index (χ2v) is 8.87. The number of aromatic nitrogens is 1. The Morgan fingerprint density at radius 3 is 2.37 bits per heavy atom. The number of likely N-dealkylation sites (tertiary alicyclic amines) is 3. The lowest BCUT2D eigenvalue weighted by atomic mass is 9.76. The highest BCUT2D eigenvalue weighted by molar-refractivity contribution is 5.96. The Labute approximate surface area is 178 Å². The van der Waals surface area contributed by atoms with Gasteiger partial charge >= 0.3 is 0 Å². The Hall–Kier alpha value is -2.35. The van der Waals surface area contributed by atoms with Crippen LogP contribution in [0, 0.1) is 5.41 Å². The van der Waals surface area contributed by atoms with Crippen LogP contribution in [0.5, 0.6) is 11.8 Å². The van der Waals surface area contributed by atoms with Crippen molar-refractivity contribution in [2.75, 3.05) is 54.0 Å². The SMILES string of the molecule is COc1ccc(C(=O)N2CCC3(CC2)CC(C(=O)N2CCCC2)N(C)C3)c(OC)n1. The molecule has 1 unspecified atom stereocenters. The Morgan fingerprint density at radius 1 is 1.03 bits per heavy atom. The van der Waals surface area contributed by atoms with Crippen LogP contribution < -0.4 is 9.47 Å². The van der Waals surface area contributed by atoms with Gasteiger partial charge in [-0.3, -0.25) is 14.5 Å². The third-order valence-electron chi connectivity index (χ3n) is 7.02. The zero-order valence-electron chi connectivity index (χ0n) is 18.2. The highest BCUT2D eigenvalue weighted by Gasteiger charge is 2.48. The molecule has 0 saturated carbocycles. The minimum Gasteiger partial charge on any atom is -0.481 e. The average molecular weight is 417 g/mol. The molecule has 3 aliphatic heterocycles. The van der Waals surface area contributed by atoms with Crippen LogP contribution in [0.15, 0.2) is 12.1 Å². The van der Waals surface area contributed by atoms with E-state index in [4.69, 9.17) is 9.47 Å². The molecule has 0 N–H and O–H groups in total. The lowest BCUT2D eigenvalue weighted by Gasteiger charge is -2.39. The topological polar surface area (TPSA) is 75.2 Å². The van der Waals surface area contributed by atoms with Gasteiger partial charge in [0, 0.05) is 38.8 Å². The lowest BCUT2D eigenvalue weighted by molar-refractivity contribution is -0.134. The van der Waals surface area contributed by atoms with E-state index in [1.54, 1.807) is 12.1 Å². The van der Waals surface area contributed by atoms with Crippen molar-refractivity contribution < 1.29 is 19.1 Å². The number of hydrogen-bond donors (Lipinski definition) is 0. The molecule has 8 nitrogen and oxygen atoms in total. The lowest BCUT2D eigenvalue weighted by Crippen LogP contribution is -2.44. The molecule has 1 aromatic rings. The summed E-state index contributed by atoms with van der Waals surface area (Å²) in [5.41, 5.74) is 0.577. The molecule has 1 spiro atoms. The molecule has 4 heterocycles. The van der Waals surface area contributed by atoms with E-state index in [2.05, 4.69) is 16.9 Å². The van der Waals surface area contributed by atoms with Gasteiger partial charge in [-0.1, -0.05) is 0 Å². The summed E-state index contributed by atoms with van der Waals surface area (Å²) < 4.78 is 10.4. The van der Waals surface area contributed by atoms with Crippen molar-refractivity contribution in [1.29, 1.82) is 0 Å². The van der Waals surface area contributed by atoms with Crippen LogP contribution in [-0.2, 0) is 4.79 Å². The molecule has 0 bridgehead atoms. The molecule has 0 aromatic carbocycles. The number of carbonyl (C=O) groups excluding carboxylic acids is 2. The molecule has 2 amide bonds. The third kappa shape index (κ3) is 3.85. The van der Waals surface area contributed by atoms with E-state index >= 15 is 0 Å². The van der Waals surface area contributed by atoms with Crippen molar-refractivity contribution >= 4 is 11.8 Å². The maximum Gasteiger partial charge on any atom is 0.259 e. The van der Waals surface area contributed by atoms with Gasteiger partial charge in [-0.2, -0.15) is 4.98 Å². The summed E-state index contributed by atoms with van der Waals surface area (Å²) in [4.78, 5) is 36.4. The minimum absolute atomic E-state index is 0.0174. The highest BCUT2D eigenvalue weighted by Crippen LogP contribution is 2.43. The van der Waals surface area contributed by atoms with Crippen LogP contribution in [0.25, 0.3) is 0 Å². The van der Waals surface area contributed by atoms with Gasteiger partial charge in [0.05, 0.1) is 20.3 Å². The molecule has 30 heavy (non-hydrogen) atoms. The summed E-state index contributed by atoms with van der Waals surface area (Å²) in [6.45, 7) is 4.10. The van der Waals surface area contributed by atoms with Crippen molar-refractivity contribution in [3.63, 3.8) is 0 Å². The van der Waals surface area contributed by atoms with Gasteiger partial charge < -0.3 is 19.3 Å². The van der Waals surface area contributed by atoms with Crippen molar-refractivity contribution in [1.82, 2.24) is 19.7 Å². The van der Waals surface area contributed by atoms with E-state index < -0.39 is 0 Å². The summed E-state index contributed by atoms with van der Waals surface area (Å²) >= 11 is 0. The number of carbonyl (C=O) groups is 2. The van der Waals surface area contributed by atoms with Crippen molar-refractivity contribution in [3.8, 4) is 11.8 Å². The van der Waals surface area contributed by atoms with Crippen LogP contribution in [0.1, 0.15) is 42.5 Å². The van der Waals surface area contributed by atoms with Gasteiger partial charge in [0.15, 0.2) is 0 Å². The number of likely N-dealkylation sites (N-methyl/N-ethyl adjacent to an activating group) is 1. The van der Waals surface area contributed by atoms with E-state index in [1.807, 2.05) is 9.80 Å². The zero-order valence-corrected chi connectivity index (χ0v) is 18.2. The Morgan fingerprint density at radius 2 is 1.73 bits per heavy atom. The number of nitrogens with zero attached hydrogens (tertiary/aromatic N) is 4. The Balaban J connectivity index is 1.40. The van der Waals surface area contributed by atoms with Crippen molar-refractivity contribution in [2.45, 2.75) is 38.1 Å². The van der Waals surface area contributed by atoms with Gasteiger partial charge in [-0.15, -0.1) is 0 Å². The van der Waals surface area contributed by atoms with Crippen molar-refractivity contribution in [2.24, 2.45) is 5.41 Å². The van der Waals surface area contributed by atoms with E-state index in [-0.39, 0.29) is 23.2 Å². The van der Waals surface area contributed by atoms with E-state index in [9.17, 15) is 9.59 Å². The molecule has 1 atom stereocenters. The molecule has 3 aliphatic rings. The first kappa shape index (κ1) is 20.9. The van der Waals surface area contributed by atoms with Crippen LogP contribution in [-0.4, -0.2) is 91.5 Å². The minimum atomic E-state index is -0.0621. The number of amides is 2. The van der Waals surface area contributed by atoms with E-state index in [1.165, 1.54) is 14.2 Å². The number of piperidine rings is 1. The fraction of sp³-hybridized carbons (Fsp3) is 0.682.